The number of carbonyl (C=O) groups excluding carboxylic acids is 1. The average Bonchev–Trinajstić information content (AvgIpc) is 2.82. The Morgan fingerprint density at radius 3 is 2.83 bits per heavy atom. The van der Waals surface area contributed by atoms with Gasteiger partial charge in [0.2, 0.25) is 0 Å². The number of nitrogens with zero attached hydrogens (tertiary/aromatic N) is 1. The SMILES string of the molecule is CCOC(=O)N/N=C(/CCC(=O)O)c1cccs1. The van der Waals surface area contributed by atoms with E-state index in [2.05, 4.69) is 15.3 Å². The van der Waals surface area contributed by atoms with Gasteiger partial charge in [-0.1, -0.05) is 6.07 Å². The Morgan fingerprint density at radius 1 is 1.50 bits per heavy atom. The molecule has 1 aromatic rings. The van der Waals surface area contributed by atoms with Crippen molar-refractivity contribution >= 4 is 29.1 Å². The summed E-state index contributed by atoms with van der Waals surface area (Å²) >= 11 is 1.43. The van der Waals surface area contributed by atoms with Crippen LogP contribution in [0.15, 0.2) is 22.6 Å². The molecule has 0 spiro atoms. The van der Waals surface area contributed by atoms with Gasteiger partial charge in [0, 0.05) is 6.42 Å². The summed E-state index contributed by atoms with van der Waals surface area (Å²) in [6, 6.07) is 3.65. The zero-order chi connectivity index (χ0) is 13.4. The molecule has 0 fully saturated rings. The van der Waals surface area contributed by atoms with Crippen LogP contribution in [0.25, 0.3) is 0 Å². The second kappa shape index (κ2) is 7.44. The summed E-state index contributed by atoms with van der Waals surface area (Å²) in [7, 11) is 0. The quantitative estimate of drug-likeness (QED) is 0.611. The summed E-state index contributed by atoms with van der Waals surface area (Å²) in [5, 5.41) is 14.4. The van der Waals surface area contributed by atoms with E-state index in [1.54, 1.807) is 6.92 Å². The van der Waals surface area contributed by atoms with Gasteiger partial charge in [-0.2, -0.15) is 5.10 Å². The number of carboxylic acids is 1. The first-order chi connectivity index (χ1) is 8.63. The van der Waals surface area contributed by atoms with Gasteiger partial charge in [-0.3, -0.25) is 4.79 Å². The first kappa shape index (κ1) is 14.2. The topological polar surface area (TPSA) is 88.0 Å². The van der Waals surface area contributed by atoms with Crippen molar-refractivity contribution in [1.82, 2.24) is 5.43 Å². The van der Waals surface area contributed by atoms with Gasteiger partial charge < -0.3 is 9.84 Å². The van der Waals surface area contributed by atoms with Gasteiger partial charge in [-0.15, -0.1) is 11.3 Å². The van der Waals surface area contributed by atoms with Crippen LogP contribution in [0.5, 0.6) is 0 Å². The number of hydrazone groups is 1. The molecule has 0 radical (unpaired) electrons. The van der Waals surface area contributed by atoms with E-state index >= 15 is 0 Å². The number of thiophene rings is 1. The van der Waals surface area contributed by atoms with Crippen LogP contribution in [0.4, 0.5) is 4.79 Å². The summed E-state index contributed by atoms with van der Waals surface area (Å²) < 4.78 is 4.67. The molecular formula is C11H14N2O4S. The zero-order valence-electron chi connectivity index (χ0n) is 9.88. The van der Waals surface area contributed by atoms with E-state index in [1.807, 2.05) is 17.5 Å². The number of ether oxygens (including phenoxy) is 1. The van der Waals surface area contributed by atoms with Crippen molar-refractivity contribution in [3.63, 3.8) is 0 Å². The average molecular weight is 270 g/mol. The summed E-state index contributed by atoms with van der Waals surface area (Å²) in [4.78, 5) is 22.5. The third-order valence-corrected chi connectivity index (χ3v) is 2.86. The van der Waals surface area contributed by atoms with Gasteiger partial charge in [0.05, 0.1) is 23.6 Å². The van der Waals surface area contributed by atoms with Crippen molar-refractivity contribution in [2.24, 2.45) is 5.10 Å². The monoisotopic (exact) mass is 270 g/mol. The van der Waals surface area contributed by atoms with Gasteiger partial charge in [0.25, 0.3) is 0 Å². The number of aliphatic carboxylic acids is 1. The summed E-state index contributed by atoms with van der Waals surface area (Å²) in [6.45, 7) is 1.94. The number of hydrogen-bond donors (Lipinski definition) is 2. The van der Waals surface area contributed by atoms with E-state index in [9.17, 15) is 9.59 Å². The summed E-state index contributed by atoms with van der Waals surface area (Å²) in [6.07, 6.45) is -0.439. The number of hydrogen-bond acceptors (Lipinski definition) is 5. The highest BCUT2D eigenvalue weighted by atomic mass is 32.1. The molecule has 7 heteroatoms. The van der Waals surface area contributed by atoms with E-state index in [0.29, 0.717) is 5.71 Å². The van der Waals surface area contributed by atoms with Crippen LogP contribution >= 0.6 is 11.3 Å². The number of carboxylic acid groups (broad SMARTS) is 1. The van der Waals surface area contributed by atoms with E-state index in [-0.39, 0.29) is 19.4 Å². The minimum Gasteiger partial charge on any atom is -0.481 e. The van der Waals surface area contributed by atoms with Crippen LogP contribution in [-0.2, 0) is 9.53 Å². The molecule has 0 bridgehead atoms. The summed E-state index contributed by atoms with van der Waals surface area (Å²) in [5.41, 5.74) is 2.76. The Balaban J connectivity index is 2.68. The van der Waals surface area contributed by atoms with E-state index in [0.717, 1.165) is 4.88 Å². The fourth-order valence-electron chi connectivity index (χ4n) is 1.18. The predicted molar refractivity (Wildman–Crippen MR) is 67.9 cm³/mol. The molecule has 1 rings (SSSR count). The summed E-state index contributed by atoms with van der Waals surface area (Å²) in [5.74, 6) is -0.907. The normalized spacial score (nSPS) is 11.1. The van der Waals surface area contributed by atoms with Crippen molar-refractivity contribution in [3.8, 4) is 0 Å². The number of nitrogens with one attached hydrogen (secondary N) is 1. The van der Waals surface area contributed by atoms with Crippen molar-refractivity contribution in [1.29, 1.82) is 0 Å². The largest absolute Gasteiger partial charge is 0.481 e. The maximum atomic E-state index is 11.1. The van der Waals surface area contributed by atoms with Gasteiger partial charge >= 0.3 is 12.1 Å². The molecular weight excluding hydrogens is 256 g/mol. The number of rotatable bonds is 6. The molecule has 0 unspecified atom stereocenters. The number of carbonyl (C=O) groups is 2. The third-order valence-electron chi connectivity index (χ3n) is 1.94. The fourth-order valence-corrected chi connectivity index (χ4v) is 1.92. The lowest BCUT2D eigenvalue weighted by Gasteiger charge is -2.04. The highest BCUT2D eigenvalue weighted by molar-refractivity contribution is 7.12. The Bertz CT molecular complexity index is 428. The molecule has 0 aromatic carbocycles. The smallest absolute Gasteiger partial charge is 0.427 e. The van der Waals surface area contributed by atoms with Crippen LogP contribution in [0.3, 0.4) is 0 Å². The minimum absolute atomic E-state index is 0.0404. The van der Waals surface area contributed by atoms with Gasteiger partial charge in [-0.25, -0.2) is 10.2 Å². The first-order valence-electron chi connectivity index (χ1n) is 5.38. The van der Waals surface area contributed by atoms with Crippen LogP contribution in [0.2, 0.25) is 0 Å². The van der Waals surface area contributed by atoms with Crippen molar-refractivity contribution in [2.75, 3.05) is 6.61 Å². The molecule has 0 aliphatic carbocycles. The van der Waals surface area contributed by atoms with Crippen molar-refractivity contribution < 1.29 is 19.4 Å². The molecule has 0 atom stereocenters. The molecule has 6 nitrogen and oxygen atoms in total. The predicted octanol–water partition coefficient (Wildman–Crippen LogP) is 2.06. The Labute approximate surface area is 108 Å². The van der Waals surface area contributed by atoms with Gasteiger partial charge in [0.1, 0.15) is 0 Å². The third kappa shape index (κ3) is 4.96. The van der Waals surface area contributed by atoms with Crippen LogP contribution in [-0.4, -0.2) is 29.5 Å². The Morgan fingerprint density at radius 2 is 2.28 bits per heavy atom. The maximum absolute atomic E-state index is 11.1. The first-order valence-corrected chi connectivity index (χ1v) is 6.26. The second-order valence-electron chi connectivity index (χ2n) is 3.26. The lowest BCUT2D eigenvalue weighted by Crippen LogP contribution is -2.21. The Hall–Kier alpha value is -1.89. The molecule has 18 heavy (non-hydrogen) atoms. The molecule has 1 aromatic heterocycles. The van der Waals surface area contributed by atoms with Gasteiger partial charge in [-0.05, 0) is 18.4 Å². The lowest BCUT2D eigenvalue weighted by atomic mass is 10.2. The standard InChI is InChI=1S/C11H14N2O4S/c1-2-17-11(16)13-12-8(5-6-10(14)15)9-4-3-7-18-9/h3-4,7H,2,5-6H2,1H3,(H,13,16)(H,14,15)/b12-8-. The van der Waals surface area contributed by atoms with E-state index in [1.165, 1.54) is 11.3 Å². The molecule has 0 aliphatic heterocycles. The molecule has 1 amide bonds. The van der Waals surface area contributed by atoms with Crippen LogP contribution in [0, 0.1) is 0 Å². The molecule has 1 heterocycles. The molecule has 0 saturated heterocycles. The Kier molecular flexibility index (Phi) is 5.86. The second-order valence-corrected chi connectivity index (χ2v) is 4.21. The van der Waals surface area contributed by atoms with Crippen molar-refractivity contribution in [3.05, 3.63) is 22.4 Å². The number of amides is 1. The highest BCUT2D eigenvalue weighted by Gasteiger charge is 2.09. The maximum Gasteiger partial charge on any atom is 0.427 e. The van der Waals surface area contributed by atoms with E-state index in [4.69, 9.17) is 5.11 Å². The van der Waals surface area contributed by atoms with Crippen molar-refractivity contribution in [2.45, 2.75) is 19.8 Å². The van der Waals surface area contributed by atoms with E-state index < -0.39 is 12.1 Å². The molecule has 0 aliphatic rings. The lowest BCUT2D eigenvalue weighted by molar-refractivity contribution is -0.136. The molecule has 0 saturated carbocycles. The zero-order valence-corrected chi connectivity index (χ0v) is 10.7. The molecule has 98 valence electrons. The fraction of sp³-hybridized carbons (Fsp3) is 0.364. The molecule has 2 N–H and O–H groups in total. The van der Waals surface area contributed by atoms with Gasteiger partial charge in [0.15, 0.2) is 0 Å². The minimum atomic E-state index is -0.907. The van der Waals surface area contributed by atoms with Crippen LogP contribution < -0.4 is 5.43 Å². The highest BCUT2D eigenvalue weighted by Crippen LogP contribution is 2.13. The van der Waals surface area contributed by atoms with Crippen LogP contribution in [0.1, 0.15) is 24.6 Å².